The number of nitrogens with zero attached hydrogens (tertiary/aromatic N) is 2. The number of halogens is 1. The van der Waals surface area contributed by atoms with Crippen LogP contribution in [0.4, 0.5) is 16.5 Å². The van der Waals surface area contributed by atoms with Gasteiger partial charge in [-0.25, -0.2) is 4.98 Å². The van der Waals surface area contributed by atoms with Gasteiger partial charge in [-0.15, -0.1) is 11.3 Å². The van der Waals surface area contributed by atoms with Crippen LogP contribution in [0.15, 0.2) is 53.9 Å². The summed E-state index contributed by atoms with van der Waals surface area (Å²) in [6.07, 6.45) is 2.60. The highest BCUT2D eigenvalue weighted by Gasteiger charge is 2.12. The second kappa shape index (κ2) is 6.83. The monoisotopic (exact) mass is 355 g/mol. The molecule has 0 spiro atoms. The minimum atomic E-state index is 0.717. The lowest BCUT2D eigenvalue weighted by molar-refractivity contribution is 0.949. The highest BCUT2D eigenvalue weighted by Crippen LogP contribution is 2.29. The van der Waals surface area contributed by atoms with E-state index in [2.05, 4.69) is 44.8 Å². The zero-order chi connectivity index (χ0) is 16.4. The third kappa shape index (κ3) is 3.40. The van der Waals surface area contributed by atoms with E-state index in [1.807, 2.05) is 24.3 Å². The lowest BCUT2D eigenvalue weighted by Crippen LogP contribution is -2.17. The van der Waals surface area contributed by atoms with Gasteiger partial charge in [0.05, 0.1) is 5.69 Å². The van der Waals surface area contributed by atoms with Gasteiger partial charge in [0.2, 0.25) is 0 Å². The van der Waals surface area contributed by atoms with Crippen LogP contribution in [0.25, 0.3) is 11.3 Å². The first-order valence-electron chi connectivity index (χ1n) is 8.11. The molecule has 3 aromatic rings. The van der Waals surface area contributed by atoms with Crippen molar-refractivity contribution in [2.45, 2.75) is 12.8 Å². The summed E-state index contributed by atoms with van der Waals surface area (Å²) in [6.45, 7) is 2.34. The van der Waals surface area contributed by atoms with Crippen LogP contribution in [0.2, 0.25) is 5.02 Å². The molecule has 2 heterocycles. The predicted octanol–water partition coefficient (Wildman–Crippen LogP) is 5.81. The van der Waals surface area contributed by atoms with Gasteiger partial charge in [-0.3, -0.25) is 0 Å². The molecular weight excluding hydrogens is 338 g/mol. The molecule has 1 aromatic heterocycles. The molecule has 4 rings (SSSR count). The van der Waals surface area contributed by atoms with Crippen molar-refractivity contribution in [1.29, 1.82) is 0 Å². The molecule has 1 N–H and O–H groups in total. The number of hydrogen-bond donors (Lipinski definition) is 1. The van der Waals surface area contributed by atoms with Gasteiger partial charge < -0.3 is 10.2 Å². The Morgan fingerprint density at radius 2 is 1.83 bits per heavy atom. The van der Waals surface area contributed by atoms with E-state index in [0.717, 1.165) is 22.1 Å². The predicted molar refractivity (Wildman–Crippen MR) is 104 cm³/mol. The van der Waals surface area contributed by atoms with E-state index in [1.54, 1.807) is 11.3 Å². The van der Waals surface area contributed by atoms with Gasteiger partial charge in [-0.1, -0.05) is 29.8 Å². The van der Waals surface area contributed by atoms with Crippen LogP contribution < -0.4 is 10.2 Å². The molecule has 2 aromatic carbocycles. The SMILES string of the molecule is Clc1cccc(Nc2nc(-c3ccc(N4CCCC4)cc3)cs2)c1. The highest BCUT2D eigenvalue weighted by molar-refractivity contribution is 7.14. The summed E-state index contributed by atoms with van der Waals surface area (Å²) in [5.74, 6) is 0. The Morgan fingerprint density at radius 1 is 1.04 bits per heavy atom. The third-order valence-electron chi connectivity index (χ3n) is 4.21. The Morgan fingerprint density at radius 3 is 2.58 bits per heavy atom. The fourth-order valence-electron chi connectivity index (χ4n) is 2.97. The molecule has 122 valence electrons. The zero-order valence-corrected chi connectivity index (χ0v) is 14.8. The molecule has 0 radical (unpaired) electrons. The summed E-state index contributed by atoms with van der Waals surface area (Å²) in [5.41, 5.74) is 4.40. The van der Waals surface area contributed by atoms with Gasteiger partial charge >= 0.3 is 0 Å². The Balaban J connectivity index is 1.49. The largest absolute Gasteiger partial charge is 0.372 e. The van der Waals surface area contributed by atoms with Crippen LogP contribution in [-0.2, 0) is 0 Å². The van der Waals surface area contributed by atoms with Crippen LogP contribution in [0.5, 0.6) is 0 Å². The minimum Gasteiger partial charge on any atom is -0.372 e. The lowest BCUT2D eigenvalue weighted by atomic mass is 10.1. The van der Waals surface area contributed by atoms with E-state index < -0.39 is 0 Å². The summed E-state index contributed by atoms with van der Waals surface area (Å²) in [5, 5.41) is 6.97. The first-order chi connectivity index (χ1) is 11.8. The number of benzene rings is 2. The zero-order valence-electron chi connectivity index (χ0n) is 13.2. The van der Waals surface area contributed by atoms with Crippen molar-refractivity contribution < 1.29 is 0 Å². The first-order valence-corrected chi connectivity index (χ1v) is 9.37. The Bertz CT molecular complexity index is 823. The fraction of sp³-hybridized carbons (Fsp3) is 0.211. The van der Waals surface area contributed by atoms with Crippen LogP contribution >= 0.6 is 22.9 Å². The Labute approximate surface area is 150 Å². The second-order valence-electron chi connectivity index (χ2n) is 5.91. The van der Waals surface area contributed by atoms with Crippen LogP contribution in [0.1, 0.15) is 12.8 Å². The molecule has 0 aliphatic carbocycles. The topological polar surface area (TPSA) is 28.2 Å². The molecule has 0 amide bonds. The van der Waals surface area contributed by atoms with Crippen molar-refractivity contribution in [2.75, 3.05) is 23.3 Å². The molecule has 1 aliphatic heterocycles. The maximum absolute atomic E-state index is 6.02. The molecule has 0 bridgehead atoms. The first kappa shape index (κ1) is 15.5. The van der Waals surface area contributed by atoms with E-state index in [1.165, 1.54) is 31.6 Å². The van der Waals surface area contributed by atoms with E-state index >= 15 is 0 Å². The third-order valence-corrected chi connectivity index (χ3v) is 5.21. The smallest absolute Gasteiger partial charge is 0.187 e. The summed E-state index contributed by atoms with van der Waals surface area (Å²) in [6, 6.07) is 16.4. The number of nitrogens with one attached hydrogen (secondary N) is 1. The van der Waals surface area contributed by atoms with Gasteiger partial charge in [0.15, 0.2) is 5.13 Å². The molecule has 1 fully saturated rings. The van der Waals surface area contributed by atoms with Crippen LogP contribution in [0.3, 0.4) is 0 Å². The Hall–Kier alpha value is -2.04. The molecule has 3 nitrogen and oxygen atoms in total. The summed E-state index contributed by atoms with van der Waals surface area (Å²) in [4.78, 5) is 7.12. The number of anilines is 3. The molecule has 5 heteroatoms. The summed E-state index contributed by atoms with van der Waals surface area (Å²) >= 11 is 7.62. The van der Waals surface area contributed by atoms with Crippen molar-refractivity contribution in [3.63, 3.8) is 0 Å². The van der Waals surface area contributed by atoms with Gasteiger partial charge in [0.1, 0.15) is 0 Å². The van der Waals surface area contributed by atoms with Crippen LogP contribution in [0, 0.1) is 0 Å². The van der Waals surface area contributed by atoms with Gasteiger partial charge in [0, 0.05) is 40.4 Å². The average Bonchev–Trinajstić information content (AvgIpc) is 3.27. The van der Waals surface area contributed by atoms with E-state index in [0.29, 0.717) is 5.02 Å². The number of hydrogen-bond acceptors (Lipinski definition) is 4. The highest BCUT2D eigenvalue weighted by atomic mass is 35.5. The maximum Gasteiger partial charge on any atom is 0.187 e. The molecule has 0 saturated carbocycles. The molecular formula is C19H18ClN3S. The molecule has 24 heavy (non-hydrogen) atoms. The molecule has 0 unspecified atom stereocenters. The van der Waals surface area contributed by atoms with Gasteiger partial charge in [-0.05, 0) is 43.2 Å². The Kier molecular flexibility index (Phi) is 4.41. The summed E-state index contributed by atoms with van der Waals surface area (Å²) < 4.78 is 0. The normalized spacial score (nSPS) is 14.1. The standard InChI is InChI=1S/C19H18ClN3S/c20-15-4-3-5-16(12-15)21-19-22-18(13-24-19)14-6-8-17(9-7-14)23-10-1-2-11-23/h3-9,12-13H,1-2,10-11H2,(H,21,22). The van der Waals surface area contributed by atoms with Crippen molar-refractivity contribution in [1.82, 2.24) is 4.98 Å². The minimum absolute atomic E-state index is 0.717. The number of aromatic nitrogens is 1. The second-order valence-corrected chi connectivity index (χ2v) is 7.21. The van der Waals surface area contributed by atoms with Crippen molar-refractivity contribution >= 4 is 39.4 Å². The average molecular weight is 356 g/mol. The van der Waals surface area contributed by atoms with E-state index in [9.17, 15) is 0 Å². The molecule has 1 saturated heterocycles. The number of thiazole rings is 1. The maximum atomic E-state index is 6.02. The van der Waals surface area contributed by atoms with Crippen molar-refractivity contribution in [3.05, 3.63) is 58.9 Å². The van der Waals surface area contributed by atoms with Gasteiger partial charge in [0.25, 0.3) is 0 Å². The quantitative estimate of drug-likeness (QED) is 0.640. The van der Waals surface area contributed by atoms with Crippen LogP contribution in [-0.4, -0.2) is 18.1 Å². The van der Waals surface area contributed by atoms with Crippen molar-refractivity contribution in [2.24, 2.45) is 0 Å². The van der Waals surface area contributed by atoms with Crippen molar-refractivity contribution in [3.8, 4) is 11.3 Å². The summed E-state index contributed by atoms with van der Waals surface area (Å²) in [7, 11) is 0. The fourth-order valence-corrected chi connectivity index (χ4v) is 3.90. The molecule has 1 aliphatic rings. The molecule has 0 atom stereocenters. The van der Waals surface area contributed by atoms with E-state index in [-0.39, 0.29) is 0 Å². The van der Waals surface area contributed by atoms with Gasteiger partial charge in [-0.2, -0.15) is 0 Å². The lowest BCUT2D eigenvalue weighted by Gasteiger charge is -2.17. The van der Waals surface area contributed by atoms with E-state index in [4.69, 9.17) is 11.6 Å². The number of rotatable bonds is 4.